The van der Waals surface area contributed by atoms with E-state index in [2.05, 4.69) is 39.3 Å². The van der Waals surface area contributed by atoms with Gasteiger partial charge in [0.05, 0.1) is 22.5 Å². The number of aryl methyl sites for hydroxylation is 1. The van der Waals surface area contributed by atoms with Crippen LogP contribution in [0.1, 0.15) is 30.9 Å². The molecule has 2 aromatic heterocycles. The largest absolute Gasteiger partial charge is 0.416 e. The summed E-state index contributed by atoms with van der Waals surface area (Å²) in [5.74, 6) is 0.674. The Bertz CT molecular complexity index is 1610. The number of pyridine rings is 1. The molecule has 0 saturated carbocycles. The lowest BCUT2D eigenvalue weighted by molar-refractivity contribution is -0.137. The molecular weight excluding hydrogens is 501 g/mol. The average molecular weight is 529 g/mol. The topological polar surface area (TPSA) is 103 Å². The van der Waals surface area contributed by atoms with E-state index in [9.17, 15) is 13.2 Å². The third-order valence-electron chi connectivity index (χ3n) is 6.43. The normalized spacial score (nSPS) is 11.6. The number of nitrogens with zero attached hydrogens (tertiary/aromatic N) is 3. The highest BCUT2D eigenvalue weighted by Gasteiger charge is 2.30. The maximum Gasteiger partial charge on any atom is 0.416 e. The van der Waals surface area contributed by atoms with Gasteiger partial charge in [0, 0.05) is 34.0 Å². The first-order chi connectivity index (χ1) is 18.7. The maximum absolute atomic E-state index is 12.9. The number of anilines is 4. The molecule has 0 aliphatic carbocycles. The Balaban J connectivity index is 1.39. The van der Waals surface area contributed by atoms with Gasteiger partial charge in [0.25, 0.3) is 0 Å². The van der Waals surface area contributed by atoms with E-state index in [0.717, 1.165) is 42.6 Å². The summed E-state index contributed by atoms with van der Waals surface area (Å²) < 4.78 is 38.7. The molecule has 5 aromatic rings. The lowest BCUT2D eigenvalue weighted by Gasteiger charge is -2.12. The van der Waals surface area contributed by atoms with Crippen LogP contribution >= 0.6 is 0 Å². The minimum Gasteiger partial charge on any atom is -0.398 e. The van der Waals surface area contributed by atoms with Crippen molar-refractivity contribution in [2.24, 2.45) is 0 Å². The molecule has 0 unspecified atom stereocenters. The molecule has 6 nitrogen and oxygen atoms in total. The molecule has 0 spiro atoms. The van der Waals surface area contributed by atoms with Crippen LogP contribution in [-0.4, -0.2) is 15.0 Å². The molecule has 0 atom stereocenters. The molecule has 3 aromatic carbocycles. The molecule has 0 radical (unpaired) electrons. The monoisotopic (exact) mass is 528 g/mol. The SMILES string of the molecule is CCCCc1ccc(-c2cc(Nc3ccc4nc(-c5ccc(C(F)(F)F)cc5)cc(N)c4c3)nc(N)n2)cc1. The smallest absolute Gasteiger partial charge is 0.398 e. The van der Waals surface area contributed by atoms with Crippen molar-refractivity contribution >= 4 is 34.0 Å². The van der Waals surface area contributed by atoms with Crippen molar-refractivity contribution in [2.45, 2.75) is 32.4 Å². The molecule has 198 valence electrons. The number of alkyl halides is 3. The number of nitrogen functional groups attached to an aromatic ring is 2. The Morgan fingerprint density at radius 3 is 2.10 bits per heavy atom. The van der Waals surface area contributed by atoms with Gasteiger partial charge in [0.2, 0.25) is 5.95 Å². The molecule has 2 heterocycles. The summed E-state index contributed by atoms with van der Waals surface area (Å²) in [7, 11) is 0. The third kappa shape index (κ3) is 5.93. The molecule has 0 aliphatic rings. The van der Waals surface area contributed by atoms with Crippen LogP contribution in [-0.2, 0) is 12.6 Å². The number of hydrogen-bond acceptors (Lipinski definition) is 6. The first-order valence-corrected chi connectivity index (χ1v) is 12.6. The fourth-order valence-corrected chi connectivity index (χ4v) is 4.36. The van der Waals surface area contributed by atoms with Crippen molar-refractivity contribution in [1.82, 2.24) is 15.0 Å². The molecule has 0 amide bonds. The molecule has 0 aliphatic heterocycles. The number of fused-ring (bicyclic) bond motifs is 1. The summed E-state index contributed by atoms with van der Waals surface area (Å²) in [4.78, 5) is 13.3. The second-order valence-electron chi connectivity index (χ2n) is 9.33. The van der Waals surface area contributed by atoms with Crippen LogP contribution in [0.25, 0.3) is 33.4 Å². The molecule has 0 fully saturated rings. The maximum atomic E-state index is 12.9. The van der Waals surface area contributed by atoms with Crippen molar-refractivity contribution < 1.29 is 13.2 Å². The lowest BCUT2D eigenvalue weighted by Crippen LogP contribution is -2.04. The van der Waals surface area contributed by atoms with E-state index < -0.39 is 11.7 Å². The lowest BCUT2D eigenvalue weighted by atomic mass is 10.0. The number of rotatable bonds is 7. The van der Waals surface area contributed by atoms with Crippen LogP contribution in [0.4, 0.5) is 36.3 Å². The Labute approximate surface area is 223 Å². The van der Waals surface area contributed by atoms with E-state index in [1.807, 2.05) is 30.3 Å². The second-order valence-corrected chi connectivity index (χ2v) is 9.33. The Morgan fingerprint density at radius 2 is 1.44 bits per heavy atom. The Hall–Kier alpha value is -4.66. The highest BCUT2D eigenvalue weighted by Crippen LogP contribution is 2.33. The summed E-state index contributed by atoms with van der Waals surface area (Å²) >= 11 is 0. The van der Waals surface area contributed by atoms with Gasteiger partial charge in [-0.3, -0.25) is 0 Å². The van der Waals surface area contributed by atoms with Gasteiger partial charge in [-0.15, -0.1) is 0 Å². The van der Waals surface area contributed by atoms with Gasteiger partial charge < -0.3 is 16.8 Å². The van der Waals surface area contributed by atoms with Crippen LogP contribution in [0.3, 0.4) is 0 Å². The zero-order valence-corrected chi connectivity index (χ0v) is 21.3. The molecule has 5 rings (SSSR count). The standard InChI is InChI=1S/C30H27F3N6/c1-2-3-4-18-5-7-19(8-6-18)27-17-28(39-29(35)38-27)36-22-13-14-25-23(15-22)24(34)16-26(37-25)20-9-11-21(12-10-20)30(31,32)33/h5-17H,2-4H2,1H3,(H2,34,37)(H3,35,36,38,39). The number of halogens is 3. The summed E-state index contributed by atoms with van der Waals surface area (Å²) in [6, 6.07) is 22.1. The predicted octanol–water partition coefficient (Wildman–Crippen LogP) is 7.63. The summed E-state index contributed by atoms with van der Waals surface area (Å²) in [6.07, 6.45) is -1.06. The third-order valence-corrected chi connectivity index (χ3v) is 6.43. The first-order valence-electron chi connectivity index (χ1n) is 12.6. The highest BCUT2D eigenvalue weighted by molar-refractivity contribution is 5.95. The summed E-state index contributed by atoms with van der Waals surface area (Å²) in [6.45, 7) is 2.17. The molecule has 39 heavy (non-hydrogen) atoms. The summed E-state index contributed by atoms with van der Waals surface area (Å²) in [5.41, 5.74) is 17.4. The second kappa shape index (κ2) is 10.6. The van der Waals surface area contributed by atoms with Crippen LogP contribution in [0.5, 0.6) is 0 Å². The summed E-state index contributed by atoms with van der Waals surface area (Å²) in [5, 5.41) is 3.95. The van der Waals surface area contributed by atoms with Gasteiger partial charge in [-0.2, -0.15) is 18.2 Å². The fraction of sp³-hybridized carbons (Fsp3) is 0.167. The van der Waals surface area contributed by atoms with E-state index in [0.29, 0.717) is 39.4 Å². The molecule has 0 bridgehead atoms. The van der Waals surface area contributed by atoms with Gasteiger partial charge in [0.15, 0.2) is 0 Å². The predicted molar refractivity (Wildman–Crippen MR) is 150 cm³/mol. The number of nitrogens with one attached hydrogen (secondary N) is 1. The van der Waals surface area contributed by atoms with Crippen LogP contribution in [0.2, 0.25) is 0 Å². The average Bonchev–Trinajstić information content (AvgIpc) is 2.92. The van der Waals surface area contributed by atoms with Crippen molar-refractivity contribution in [3.05, 3.63) is 90.0 Å². The van der Waals surface area contributed by atoms with Crippen LogP contribution in [0, 0.1) is 0 Å². The fourth-order valence-electron chi connectivity index (χ4n) is 4.36. The number of hydrogen-bond donors (Lipinski definition) is 3. The quantitative estimate of drug-likeness (QED) is 0.201. The molecule has 9 heteroatoms. The van der Waals surface area contributed by atoms with Crippen molar-refractivity contribution in [2.75, 3.05) is 16.8 Å². The molecule has 5 N–H and O–H groups in total. The first kappa shape index (κ1) is 26.0. The van der Waals surface area contributed by atoms with E-state index in [1.54, 1.807) is 12.1 Å². The number of nitrogens with two attached hydrogens (primary N) is 2. The van der Waals surface area contributed by atoms with E-state index in [-0.39, 0.29) is 5.95 Å². The van der Waals surface area contributed by atoms with Crippen LogP contribution in [0.15, 0.2) is 78.9 Å². The van der Waals surface area contributed by atoms with Crippen molar-refractivity contribution in [3.63, 3.8) is 0 Å². The van der Waals surface area contributed by atoms with Gasteiger partial charge in [-0.1, -0.05) is 49.7 Å². The molecular formula is C30H27F3N6. The zero-order valence-electron chi connectivity index (χ0n) is 21.3. The Kier molecular flexibility index (Phi) is 7.06. The minimum absolute atomic E-state index is 0.146. The minimum atomic E-state index is -4.40. The zero-order chi connectivity index (χ0) is 27.6. The highest BCUT2D eigenvalue weighted by atomic mass is 19.4. The van der Waals surface area contributed by atoms with Crippen molar-refractivity contribution in [3.8, 4) is 22.5 Å². The van der Waals surface area contributed by atoms with Gasteiger partial charge in [-0.05, 0) is 54.8 Å². The van der Waals surface area contributed by atoms with Crippen molar-refractivity contribution in [1.29, 1.82) is 0 Å². The van der Waals surface area contributed by atoms with E-state index in [4.69, 9.17) is 11.5 Å². The van der Waals surface area contributed by atoms with Crippen LogP contribution < -0.4 is 16.8 Å². The number of unbranched alkanes of at least 4 members (excludes halogenated alkanes) is 1. The molecule has 0 saturated heterocycles. The van der Waals surface area contributed by atoms with E-state index in [1.165, 1.54) is 17.7 Å². The van der Waals surface area contributed by atoms with Gasteiger partial charge in [-0.25, -0.2) is 9.97 Å². The van der Waals surface area contributed by atoms with E-state index >= 15 is 0 Å². The number of aromatic nitrogens is 3. The number of benzene rings is 3. The van der Waals surface area contributed by atoms with Gasteiger partial charge in [0.1, 0.15) is 5.82 Å². The Morgan fingerprint density at radius 1 is 0.769 bits per heavy atom. The van der Waals surface area contributed by atoms with Gasteiger partial charge >= 0.3 is 6.18 Å².